The predicted molar refractivity (Wildman–Crippen MR) is 79.4 cm³/mol. The maximum atomic E-state index is 12.1. The molecule has 0 unspecified atom stereocenters. The van der Waals surface area contributed by atoms with Crippen LogP contribution in [0.15, 0.2) is 27.5 Å². The minimum Gasteiger partial charge on any atom is -0.481 e. The van der Waals surface area contributed by atoms with E-state index in [0.717, 1.165) is 0 Å². The molecular formula is C14H12BrNO5. The van der Waals surface area contributed by atoms with Crippen molar-refractivity contribution in [3.8, 4) is 0 Å². The van der Waals surface area contributed by atoms with Crippen molar-refractivity contribution in [2.45, 2.75) is 19.4 Å². The minimum atomic E-state index is -1.12. The number of H-pyrrole nitrogens is 1. The van der Waals surface area contributed by atoms with Crippen molar-refractivity contribution in [3.63, 3.8) is 0 Å². The maximum absolute atomic E-state index is 12.1. The van der Waals surface area contributed by atoms with Crippen molar-refractivity contribution >= 4 is 38.6 Å². The third-order valence-electron chi connectivity index (χ3n) is 3.10. The van der Waals surface area contributed by atoms with Gasteiger partial charge < -0.3 is 15.2 Å². The molecule has 21 heavy (non-hydrogen) atoms. The van der Waals surface area contributed by atoms with E-state index in [2.05, 4.69) is 20.9 Å². The number of nitrogens with one attached hydrogen (secondary N) is 1. The Kier molecular flexibility index (Phi) is 4.54. The second-order valence-electron chi connectivity index (χ2n) is 4.45. The molecule has 110 valence electrons. The number of hydrogen-bond acceptors (Lipinski definition) is 4. The van der Waals surface area contributed by atoms with Gasteiger partial charge >= 0.3 is 5.97 Å². The first-order chi connectivity index (χ1) is 9.95. The molecular weight excluding hydrogens is 342 g/mol. The largest absolute Gasteiger partial charge is 0.481 e. The number of Topliss-reactive ketones (excluding diaryl/α,β-unsaturated/α-hetero) is 1. The lowest BCUT2D eigenvalue weighted by Crippen LogP contribution is -2.22. The lowest BCUT2D eigenvalue weighted by Gasteiger charge is -2.10. The molecule has 2 aromatic rings. The highest BCUT2D eigenvalue weighted by Crippen LogP contribution is 2.27. The van der Waals surface area contributed by atoms with Crippen LogP contribution >= 0.6 is 15.9 Å². The Labute approximate surface area is 127 Å². The van der Waals surface area contributed by atoms with Gasteiger partial charge in [-0.3, -0.25) is 14.4 Å². The average Bonchev–Trinajstić information content (AvgIpc) is 2.43. The van der Waals surface area contributed by atoms with Crippen molar-refractivity contribution in [1.82, 2.24) is 4.98 Å². The molecule has 0 fully saturated rings. The Hall–Kier alpha value is -1.99. The van der Waals surface area contributed by atoms with Gasteiger partial charge in [-0.2, -0.15) is 0 Å². The highest BCUT2D eigenvalue weighted by atomic mass is 79.9. The highest BCUT2D eigenvalue weighted by molar-refractivity contribution is 9.10. The number of rotatable bonds is 5. The third kappa shape index (κ3) is 3.03. The molecule has 6 nitrogen and oxygen atoms in total. The molecule has 0 saturated carbocycles. The van der Waals surface area contributed by atoms with E-state index in [4.69, 9.17) is 5.11 Å². The van der Waals surface area contributed by atoms with Gasteiger partial charge in [0, 0.05) is 27.4 Å². The van der Waals surface area contributed by atoms with E-state index >= 15 is 0 Å². The molecule has 1 aromatic heterocycles. The number of halogens is 1. The Bertz CT molecular complexity index is 781. The molecule has 0 spiro atoms. The number of aliphatic hydroxyl groups is 1. The fourth-order valence-corrected chi connectivity index (χ4v) is 2.79. The predicted octanol–water partition coefficient (Wildman–Crippen LogP) is 1.83. The Morgan fingerprint density at radius 1 is 1.24 bits per heavy atom. The number of pyridine rings is 1. The van der Waals surface area contributed by atoms with Crippen LogP contribution in [-0.4, -0.2) is 26.9 Å². The summed E-state index contributed by atoms with van der Waals surface area (Å²) in [4.78, 5) is 37.3. The molecule has 0 saturated heterocycles. The van der Waals surface area contributed by atoms with Crippen LogP contribution < -0.4 is 5.56 Å². The van der Waals surface area contributed by atoms with E-state index in [0.29, 0.717) is 15.4 Å². The number of benzene rings is 1. The molecule has 0 bridgehead atoms. The summed E-state index contributed by atoms with van der Waals surface area (Å²) in [5.74, 6) is -1.72. The number of carboxylic acid groups (broad SMARTS) is 1. The van der Waals surface area contributed by atoms with Crippen molar-refractivity contribution in [1.29, 1.82) is 0 Å². The number of aliphatic carboxylic acids is 1. The van der Waals surface area contributed by atoms with Crippen molar-refractivity contribution in [2.24, 2.45) is 0 Å². The zero-order valence-electron chi connectivity index (χ0n) is 10.9. The van der Waals surface area contributed by atoms with E-state index in [-0.39, 0.29) is 24.0 Å². The van der Waals surface area contributed by atoms with Gasteiger partial charge in [0.15, 0.2) is 5.78 Å². The highest BCUT2D eigenvalue weighted by Gasteiger charge is 2.20. The lowest BCUT2D eigenvalue weighted by atomic mass is 9.98. The number of aromatic amines is 1. The second-order valence-corrected chi connectivity index (χ2v) is 5.30. The van der Waals surface area contributed by atoms with Crippen molar-refractivity contribution in [2.75, 3.05) is 0 Å². The van der Waals surface area contributed by atoms with Crippen LogP contribution in [0.3, 0.4) is 0 Å². The Morgan fingerprint density at radius 2 is 1.95 bits per heavy atom. The summed E-state index contributed by atoms with van der Waals surface area (Å²) < 4.78 is 0.632. The molecule has 3 N–H and O–H groups in total. The summed E-state index contributed by atoms with van der Waals surface area (Å²) in [7, 11) is 0. The molecule has 0 atom stereocenters. The van der Waals surface area contributed by atoms with Gasteiger partial charge in [-0.15, -0.1) is 0 Å². The molecule has 0 aliphatic carbocycles. The Morgan fingerprint density at radius 3 is 2.57 bits per heavy atom. The quantitative estimate of drug-likeness (QED) is 0.710. The maximum Gasteiger partial charge on any atom is 0.303 e. The third-order valence-corrected chi connectivity index (χ3v) is 3.76. The van der Waals surface area contributed by atoms with E-state index in [1.165, 1.54) is 0 Å². The molecule has 1 heterocycles. The number of carbonyl (C=O) groups excluding carboxylic acids is 1. The molecule has 7 heteroatoms. The zero-order valence-corrected chi connectivity index (χ0v) is 12.4. The number of fused-ring (bicyclic) bond motifs is 1. The van der Waals surface area contributed by atoms with E-state index in [1.807, 2.05) is 0 Å². The van der Waals surface area contributed by atoms with Crippen LogP contribution in [0.1, 0.15) is 28.8 Å². The normalized spacial score (nSPS) is 10.8. The molecule has 1 aromatic carbocycles. The van der Waals surface area contributed by atoms with Crippen LogP contribution in [0, 0.1) is 0 Å². The second kappa shape index (κ2) is 6.19. The minimum absolute atomic E-state index is 0.182. The molecule has 0 amide bonds. The number of carbonyl (C=O) groups is 2. The van der Waals surface area contributed by atoms with E-state index in [9.17, 15) is 19.5 Å². The first-order valence-electron chi connectivity index (χ1n) is 6.15. The van der Waals surface area contributed by atoms with Gasteiger partial charge in [-0.1, -0.05) is 22.0 Å². The van der Waals surface area contributed by atoms with Crippen molar-refractivity contribution in [3.05, 3.63) is 44.2 Å². The number of carboxylic acids is 1. The van der Waals surface area contributed by atoms with Gasteiger partial charge in [0.05, 0.1) is 18.6 Å². The van der Waals surface area contributed by atoms with Crippen LogP contribution in [0.2, 0.25) is 0 Å². The first-order valence-corrected chi connectivity index (χ1v) is 6.94. The molecule has 2 rings (SSSR count). The number of ketones is 1. The summed E-state index contributed by atoms with van der Waals surface area (Å²) in [5.41, 5.74) is -0.108. The SMILES string of the molecule is O=C(O)CCC(=O)c1c(CO)c2c(Br)cccc2[nH]c1=O. The van der Waals surface area contributed by atoms with Gasteiger partial charge in [-0.05, 0) is 12.1 Å². The smallest absolute Gasteiger partial charge is 0.303 e. The average molecular weight is 354 g/mol. The number of hydrogen-bond donors (Lipinski definition) is 3. The monoisotopic (exact) mass is 353 g/mol. The van der Waals surface area contributed by atoms with Gasteiger partial charge in [0.1, 0.15) is 0 Å². The fraction of sp³-hybridized carbons (Fsp3) is 0.214. The van der Waals surface area contributed by atoms with Gasteiger partial charge in [0.25, 0.3) is 5.56 Å². The summed E-state index contributed by atoms with van der Waals surface area (Å²) in [6, 6.07) is 5.10. The fourth-order valence-electron chi connectivity index (χ4n) is 2.18. The summed E-state index contributed by atoms with van der Waals surface area (Å²) >= 11 is 3.32. The number of aliphatic hydroxyl groups excluding tert-OH is 1. The van der Waals surface area contributed by atoms with E-state index < -0.39 is 23.9 Å². The first kappa shape index (κ1) is 15.4. The standard InChI is InChI=1S/C14H12BrNO5/c15-8-2-1-3-9-12(8)7(6-17)13(14(21)16-9)10(18)4-5-11(19)20/h1-3,17H,4-6H2,(H,16,21)(H,19,20). The summed E-state index contributed by atoms with van der Waals surface area (Å²) in [6.07, 6.45) is -0.654. The Balaban J connectivity index is 2.65. The van der Waals surface area contributed by atoms with Crippen LogP contribution in [0.5, 0.6) is 0 Å². The molecule has 0 aliphatic heterocycles. The van der Waals surface area contributed by atoms with Gasteiger partial charge in [-0.25, -0.2) is 0 Å². The zero-order chi connectivity index (χ0) is 15.6. The van der Waals surface area contributed by atoms with Crippen LogP contribution in [0.4, 0.5) is 0 Å². The van der Waals surface area contributed by atoms with Crippen molar-refractivity contribution < 1.29 is 19.8 Å². The summed E-state index contributed by atoms with van der Waals surface area (Å²) in [5, 5.41) is 18.7. The summed E-state index contributed by atoms with van der Waals surface area (Å²) in [6.45, 7) is -0.489. The number of aromatic nitrogens is 1. The lowest BCUT2D eigenvalue weighted by molar-refractivity contribution is -0.136. The van der Waals surface area contributed by atoms with E-state index in [1.54, 1.807) is 18.2 Å². The van der Waals surface area contributed by atoms with Crippen LogP contribution in [0.25, 0.3) is 10.9 Å². The van der Waals surface area contributed by atoms with Crippen LogP contribution in [-0.2, 0) is 11.4 Å². The molecule has 0 radical (unpaired) electrons. The molecule has 0 aliphatic rings. The van der Waals surface area contributed by atoms with Gasteiger partial charge in [0.2, 0.25) is 0 Å². The topological polar surface area (TPSA) is 107 Å².